The summed E-state index contributed by atoms with van der Waals surface area (Å²) in [6.45, 7) is 10.3. The second-order valence-corrected chi connectivity index (χ2v) is 4.55. The number of hydrogen-bond donors (Lipinski definition) is 4. The van der Waals surface area contributed by atoms with E-state index in [2.05, 4.69) is 13.8 Å². The number of carbonyl (C=O) groups excluding carboxylic acids is 1. The summed E-state index contributed by atoms with van der Waals surface area (Å²) in [5.74, 6) is 0.694. The third-order valence-corrected chi connectivity index (χ3v) is 1.26. The Labute approximate surface area is 146 Å². The Hall–Kier alpha value is 0.756. The summed E-state index contributed by atoms with van der Waals surface area (Å²) in [5.41, 5.74) is 14.4. The monoisotopic (exact) mass is 353 g/mol. The average molecular weight is 355 g/mol. The van der Waals surface area contributed by atoms with Crippen LogP contribution in [0.4, 0.5) is 0 Å². The molecule has 0 aromatic heterocycles. The van der Waals surface area contributed by atoms with Crippen molar-refractivity contribution in [1.82, 2.24) is 0 Å². The first-order valence-electron chi connectivity index (χ1n) is 5.42. The number of hydrogen-bond acceptors (Lipinski definition) is 5. The van der Waals surface area contributed by atoms with Crippen LogP contribution in [0.15, 0.2) is 0 Å². The molecule has 0 atom stereocenters. The van der Waals surface area contributed by atoms with Gasteiger partial charge in [-0.25, -0.2) is 0 Å². The van der Waals surface area contributed by atoms with Crippen LogP contribution < -0.4 is 34.2 Å². The first-order chi connectivity index (χ1) is 7.10. The van der Waals surface area contributed by atoms with Gasteiger partial charge in [0.2, 0.25) is 0 Å². The third kappa shape index (κ3) is 87.5. The number of nitrogens with two attached hydrogens (primary N) is 3. The van der Waals surface area contributed by atoms with Crippen LogP contribution >= 0.6 is 0 Å². The molecule has 0 aromatic carbocycles. The van der Waals surface area contributed by atoms with E-state index in [1.165, 1.54) is 6.92 Å². The normalized spacial score (nSPS) is 8.32. The number of carbonyl (C=O) groups is 1. The van der Waals surface area contributed by atoms with Gasteiger partial charge in [-0.3, -0.25) is 4.79 Å². The Morgan fingerprint density at radius 3 is 1.37 bits per heavy atom. The van der Waals surface area contributed by atoms with Crippen molar-refractivity contribution >= 4 is 28.8 Å². The van der Waals surface area contributed by atoms with Crippen molar-refractivity contribution in [3.63, 3.8) is 0 Å². The second-order valence-electron chi connectivity index (χ2n) is 4.55. The zero-order valence-corrected chi connectivity index (χ0v) is 16.4. The zero-order chi connectivity index (χ0) is 13.8. The summed E-state index contributed by atoms with van der Waals surface area (Å²) in [5, 5.41) is 8.70. The molecule has 7 N–H and O–H groups in total. The smallest absolute Gasteiger partial charge is 1.00 e. The molecule has 0 aliphatic rings. The van der Waals surface area contributed by atoms with Gasteiger partial charge in [-0.1, -0.05) is 13.8 Å². The molecule has 0 unspecified atom stereocenters. The van der Waals surface area contributed by atoms with Crippen LogP contribution in [0.25, 0.3) is 0 Å². The van der Waals surface area contributed by atoms with Gasteiger partial charge >= 0.3 is 23.1 Å². The topological polar surface area (TPSA) is 115 Å². The number of aliphatic hydroxyl groups is 1. The predicted octanol–water partition coefficient (Wildman–Crippen LogP) is -3.08. The van der Waals surface area contributed by atoms with Crippen LogP contribution in [0.1, 0.15) is 34.6 Å². The Bertz CT molecular complexity index is 166. The first kappa shape index (κ1) is 36.7. The van der Waals surface area contributed by atoms with E-state index in [0.29, 0.717) is 12.5 Å². The minimum Gasteiger partial charge on any atom is -1.00 e. The summed E-state index contributed by atoms with van der Waals surface area (Å²) >= 11 is 0. The molecule has 0 aliphatic carbocycles. The molecule has 7 heteroatoms. The van der Waals surface area contributed by atoms with Gasteiger partial charge in [-0.15, -0.1) is 0 Å². The molecule has 5 nitrogen and oxygen atoms in total. The number of rotatable bonds is 3. The number of halogens is 1. The summed E-state index contributed by atoms with van der Waals surface area (Å²) in [4.78, 5) is 9.69. The number of ketones is 1. The van der Waals surface area contributed by atoms with Gasteiger partial charge in [0.1, 0.15) is 5.78 Å². The largest absolute Gasteiger partial charge is 2.00 e. The summed E-state index contributed by atoms with van der Waals surface area (Å²) in [6.07, 6.45) is 0. The molecule has 0 rings (SSSR count). The maximum Gasteiger partial charge on any atom is 2.00 e. The fourth-order valence-corrected chi connectivity index (χ4v) is 0. The van der Waals surface area contributed by atoms with Crippen molar-refractivity contribution in [2.24, 2.45) is 23.1 Å². The molecule has 0 aromatic rings. The van der Waals surface area contributed by atoms with Gasteiger partial charge in [-0.05, 0) is 33.2 Å². The molecule has 0 heterocycles. The van der Waals surface area contributed by atoms with Gasteiger partial charge in [0.25, 0.3) is 0 Å². The average Bonchev–Trinajstić information content (AvgIpc) is 2.18. The van der Waals surface area contributed by atoms with Crippen molar-refractivity contribution in [1.29, 1.82) is 0 Å². The molecule has 0 spiro atoms. The fraction of sp³-hybridized carbons (Fsp3) is 0.833. The van der Waals surface area contributed by atoms with E-state index in [1.807, 2.05) is 0 Å². The van der Waals surface area contributed by atoms with E-state index in [1.54, 1.807) is 13.8 Å². The van der Waals surface area contributed by atoms with Gasteiger partial charge in [-0.2, -0.15) is 0 Å². The van der Waals surface area contributed by atoms with E-state index in [4.69, 9.17) is 22.3 Å². The fourth-order valence-electron chi connectivity index (χ4n) is 0. The van der Waals surface area contributed by atoms with Crippen LogP contribution in [-0.4, -0.2) is 59.2 Å². The van der Waals surface area contributed by atoms with Gasteiger partial charge in [0, 0.05) is 6.54 Å². The van der Waals surface area contributed by atoms with Gasteiger partial charge in [0.05, 0.1) is 12.1 Å². The first-order valence-corrected chi connectivity index (χ1v) is 5.42. The predicted molar refractivity (Wildman–Crippen MR) is 81.1 cm³/mol. The molecule has 0 saturated heterocycles. The summed E-state index contributed by atoms with van der Waals surface area (Å²) in [7, 11) is 0. The third-order valence-electron chi connectivity index (χ3n) is 1.26. The quantitative estimate of drug-likeness (QED) is 0.317. The van der Waals surface area contributed by atoms with Gasteiger partial charge in [0.15, 0.2) is 0 Å². The molecule has 0 bridgehead atoms. The molecular weight excluding hydrogens is 322 g/mol. The van der Waals surface area contributed by atoms with Crippen LogP contribution in [0, 0.1) is 13.3 Å². The van der Waals surface area contributed by atoms with Crippen LogP contribution in [0.3, 0.4) is 0 Å². The Morgan fingerprint density at radius 1 is 1.21 bits per heavy atom. The van der Waals surface area contributed by atoms with Crippen LogP contribution in [0.2, 0.25) is 0 Å². The van der Waals surface area contributed by atoms with E-state index in [9.17, 15) is 4.79 Å². The Balaban J connectivity index is -0.0000000311. The maximum atomic E-state index is 9.69. The Morgan fingerprint density at radius 2 is 1.37 bits per heavy atom. The van der Waals surface area contributed by atoms with Crippen molar-refractivity contribution in [3.05, 3.63) is 7.43 Å². The molecule has 0 aliphatic heterocycles. The molecule has 116 valence electrons. The van der Waals surface area contributed by atoms with Crippen molar-refractivity contribution < 1.29 is 26.9 Å². The van der Waals surface area contributed by atoms with Crippen molar-refractivity contribution in [2.45, 2.75) is 40.2 Å². The molecule has 0 saturated carbocycles. The summed E-state index contributed by atoms with van der Waals surface area (Å²) in [6, 6.07) is 0. The maximum absolute atomic E-state index is 9.69. The van der Waals surface area contributed by atoms with Crippen molar-refractivity contribution in [2.75, 3.05) is 19.6 Å². The zero-order valence-electron chi connectivity index (χ0n) is 13.4. The van der Waals surface area contributed by atoms with Crippen LogP contribution in [0.5, 0.6) is 0 Å². The van der Waals surface area contributed by atoms with Crippen molar-refractivity contribution in [3.8, 4) is 0 Å². The Kier molecular flexibility index (Phi) is 46.0. The van der Waals surface area contributed by atoms with E-state index >= 15 is 0 Å². The van der Waals surface area contributed by atoms with E-state index < -0.39 is 5.60 Å². The molecule has 0 fully saturated rings. The minimum absolute atomic E-state index is 0. The SMILES string of the molecule is CC(=O)CN.CC(C)(O)CN.CC(C)CN.[Br-].[CH3-].[Mg+2]. The van der Waals surface area contributed by atoms with E-state index in [-0.39, 0.29) is 59.8 Å². The standard InChI is InChI=1S/C4H11NO.C4H11N.C3H7NO.CH3.BrH.Mg/c1-4(2,6)3-5;1-4(2)3-5;1-3(5)2-4;;;/h6H,3,5H2,1-2H3;4H,3,5H2,1-2H3;2,4H2,1H3;1H3;1H;/q;;;-1;;+2/p-1. The molecule has 0 amide bonds. The van der Waals surface area contributed by atoms with E-state index in [0.717, 1.165) is 6.54 Å². The minimum atomic E-state index is -0.681. The molecular formula is C12H32BrMgN3O2. The summed E-state index contributed by atoms with van der Waals surface area (Å²) < 4.78 is 0. The second kappa shape index (κ2) is 23.8. The number of Topliss-reactive ketones (excluding diaryl/α,β-unsaturated/α-hetero) is 1. The molecule has 19 heavy (non-hydrogen) atoms. The van der Waals surface area contributed by atoms with Crippen LogP contribution in [-0.2, 0) is 4.79 Å². The van der Waals surface area contributed by atoms with Gasteiger partial charge < -0.3 is 46.7 Å². The molecule has 0 radical (unpaired) electrons.